The van der Waals surface area contributed by atoms with Crippen LogP contribution in [0.2, 0.25) is 0 Å². The van der Waals surface area contributed by atoms with E-state index in [1.165, 1.54) is 18.7 Å². The average Bonchev–Trinajstić information content (AvgIpc) is 2.80. The molecule has 0 saturated carbocycles. The summed E-state index contributed by atoms with van der Waals surface area (Å²) in [6, 6.07) is 8.29. The highest BCUT2D eigenvalue weighted by Crippen LogP contribution is 2.14. The highest BCUT2D eigenvalue weighted by molar-refractivity contribution is 5.86. The number of carbonyl (C=O) groups is 1. The summed E-state index contributed by atoms with van der Waals surface area (Å²) in [5, 5.41) is 3.20. The zero-order valence-corrected chi connectivity index (χ0v) is 17.3. The Kier molecular flexibility index (Phi) is 8.62. The predicted molar refractivity (Wildman–Crippen MR) is 114 cm³/mol. The van der Waals surface area contributed by atoms with E-state index in [0.29, 0.717) is 18.1 Å². The lowest BCUT2D eigenvalue weighted by molar-refractivity contribution is -0.134. The smallest absolute Gasteiger partial charge is 0.330 e. The lowest BCUT2D eigenvalue weighted by atomic mass is 10.2. The fourth-order valence-corrected chi connectivity index (χ4v) is 2.92. The Bertz CT molecular complexity index is 803. The molecule has 0 atom stereocenters. The number of benzene rings is 1. The maximum Gasteiger partial charge on any atom is 0.330 e. The van der Waals surface area contributed by atoms with Crippen molar-refractivity contribution in [3.05, 3.63) is 54.0 Å². The van der Waals surface area contributed by atoms with Crippen LogP contribution in [0.3, 0.4) is 0 Å². The number of hydrogen-bond acceptors (Lipinski definition) is 8. The molecule has 1 aliphatic heterocycles. The first-order valence-corrected chi connectivity index (χ1v) is 10.1. The van der Waals surface area contributed by atoms with Crippen LogP contribution < -0.4 is 10.1 Å². The first-order chi connectivity index (χ1) is 14.7. The van der Waals surface area contributed by atoms with Gasteiger partial charge in [0.25, 0.3) is 0 Å². The SMILES string of the molecule is COC(=O)/C=C/c1cnc(NCCCOc2ccc(CN3CCOCC3)cc2)cn1. The Balaban J connectivity index is 1.32. The van der Waals surface area contributed by atoms with Crippen molar-refractivity contribution >= 4 is 17.9 Å². The van der Waals surface area contributed by atoms with Gasteiger partial charge in [0.1, 0.15) is 11.6 Å². The molecule has 8 nitrogen and oxygen atoms in total. The Hall–Kier alpha value is -2.97. The minimum atomic E-state index is -0.425. The van der Waals surface area contributed by atoms with Crippen LogP contribution in [-0.2, 0) is 20.8 Å². The number of hydrogen-bond donors (Lipinski definition) is 1. The molecule has 0 amide bonds. The maximum absolute atomic E-state index is 11.1. The van der Waals surface area contributed by atoms with E-state index in [4.69, 9.17) is 9.47 Å². The molecule has 30 heavy (non-hydrogen) atoms. The molecule has 2 heterocycles. The minimum Gasteiger partial charge on any atom is -0.494 e. The highest BCUT2D eigenvalue weighted by Gasteiger charge is 2.10. The Labute approximate surface area is 176 Å². The molecule has 0 radical (unpaired) electrons. The molecular formula is C22H28N4O4. The fourth-order valence-electron chi connectivity index (χ4n) is 2.92. The number of rotatable bonds is 10. The van der Waals surface area contributed by atoms with Crippen LogP contribution in [0.1, 0.15) is 17.7 Å². The number of morpholine rings is 1. The number of nitrogens with one attached hydrogen (secondary N) is 1. The second kappa shape index (κ2) is 11.9. The van der Waals surface area contributed by atoms with Crippen LogP contribution in [0.4, 0.5) is 5.82 Å². The summed E-state index contributed by atoms with van der Waals surface area (Å²) in [5.41, 5.74) is 1.88. The molecule has 1 N–H and O–H groups in total. The third kappa shape index (κ3) is 7.46. The van der Waals surface area contributed by atoms with Crippen molar-refractivity contribution in [1.82, 2.24) is 14.9 Å². The zero-order valence-electron chi connectivity index (χ0n) is 17.3. The molecule has 1 fully saturated rings. The van der Waals surface area contributed by atoms with Crippen molar-refractivity contribution in [2.24, 2.45) is 0 Å². The number of methoxy groups -OCH3 is 1. The van der Waals surface area contributed by atoms with Crippen LogP contribution in [0, 0.1) is 0 Å². The molecule has 0 bridgehead atoms. The Morgan fingerprint density at radius 3 is 2.70 bits per heavy atom. The van der Waals surface area contributed by atoms with Crippen molar-refractivity contribution < 1.29 is 19.0 Å². The van der Waals surface area contributed by atoms with E-state index in [1.54, 1.807) is 18.5 Å². The summed E-state index contributed by atoms with van der Waals surface area (Å²) >= 11 is 0. The molecule has 2 aromatic rings. The van der Waals surface area contributed by atoms with Crippen molar-refractivity contribution in [2.75, 3.05) is 51.9 Å². The lowest BCUT2D eigenvalue weighted by Gasteiger charge is -2.26. The fraction of sp³-hybridized carbons (Fsp3) is 0.409. The molecule has 1 aliphatic rings. The number of ether oxygens (including phenoxy) is 3. The molecule has 8 heteroatoms. The van der Waals surface area contributed by atoms with Gasteiger partial charge in [0, 0.05) is 32.3 Å². The van der Waals surface area contributed by atoms with Gasteiger partial charge in [-0.25, -0.2) is 9.78 Å². The molecule has 160 valence electrons. The molecule has 1 aromatic heterocycles. The van der Waals surface area contributed by atoms with Crippen molar-refractivity contribution in [3.8, 4) is 5.75 Å². The van der Waals surface area contributed by atoms with Crippen LogP contribution in [0.5, 0.6) is 5.75 Å². The largest absolute Gasteiger partial charge is 0.494 e. The predicted octanol–water partition coefficient (Wildman–Crippen LogP) is 2.38. The third-order valence-electron chi connectivity index (χ3n) is 4.59. The van der Waals surface area contributed by atoms with Crippen LogP contribution in [0.15, 0.2) is 42.7 Å². The zero-order chi connectivity index (χ0) is 21.0. The molecule has 0 unspecified atom stereocenters. The van der Waals surface area contributed by atoms with Crippen molar-refractivity contribution in [2.45, 2.75) is 13.0 Å². The normalized spacial score (nSPS) is 14.6. The van der Waals surface area contributed by atoms with Crippen molar-refractivity contribution in [3.63, 3.8) is 0 Å². The first kappa shape index (κ1) is 21.7. The van der Waals surface area contributed by atoms with Gasteiger partial charge in [0.2, 0.25) is 0 Å². The molecule has 1 saturated heterocycles. The van der Waals surface area contributed by atoms with Gasteiger partial charge in [-0.2, -0.15) is 0 Å². The van der Waals surface area contributed by atoms with Gasteiger partial charge in [0.05, 0.1) is 45.0 Å². The summed E-state index contributed by atoms with van der Waals surface area (Å²) in [6.07, 6.45) is 6.93. The van der Waals surface area contributed by atoms with E-state index in [0.717, 1.165) is 51.6 Å². The number of carbonyl (C=O) groups excluding carboxylic acids is 1. The van der Waals surface area contributed by atoms with Gasteiger partial charge in [-0.15, -0.1) is 0 Å². The van der Waals surface area contributed by atoms with E-state index in [9.17, 15) is 4.79 Å². The summed E-state index contributed by atoms with van der Waals surface area (Å²) in [7, 11) is 1.33. The quantitative estimate of drug-likeness (QED) is 0.362. The first-order valence-electron chi connectivity index (χ1n) is 10.1. The summed E-state index contributed by atoms with van der Waals surface area (Å²) in [4.78, 5) is 22.0. The third-order valence-corrected chi connectivity index (χ3v) is 4.59. The van der Waals surface area contributed by atoms with Gasteiger partial charge in [-0.3, -0.25) is 9.88 Å². The van der Waals surface area contributed by atoms with E-state index in [-0.39, 0.29) is 0 Å². The molecule has 0 aliphatic carbocycles. The second-order valence-corrected chi connectivity index (χ2v) is 6.84. The van der Waals surface area contributed by atoms with Gasteiger partial charge < -0.3 is 19.5 Å². The van der Waals surface area contributed by atoms with Gasteiger partial charge in [0.15, 0.2) is 0 Å². The summed E-state index contributed by atoms with van der Waals surface area (Å²) < 4.78 is 15.7. The number of nitrogens with zero attached hydrogens (tertiary/aromatic N) is 3. The van der Waals surface area contributed by atoms with E-state index in [1.807, 2.05) is 12.1 Å². The van der Waals surface area contributed by atoms with Crippen LogP contribution in [0.25, 0.3) is 6.08 Å². The molecule has 0 spiro atoms. The number of esters is 1. The lowest BCUT2D eigenvalue weighted by Crippen LogP contribution is -2.35. The highest BCUT2D eigenvalue weighted by atomic mass is 16.5. The molecule has 3 rings (SSSR count). The maximum atomic E-state index is 11.1. The Morgan fingerprint density at radius 2 is 2.00 bits per heavy atom. The summed E-state index contributed by atoms with van der Waals surface area (Å²) in [5.74, 6) is 1.13. The average molecular weight is 412 g/mol. The van der Waals surface area contributed by atoms with Crippen molar-refractivity contribution in [1.29, 1.82) is 0 Å². The van der Waals surface area contributed by atoms with Gasteiger partial charge in [-0.05, 0) is 30.2 Å². The van der Waals surface area contributed by atoms with Gasteiger partial charge in [-0.1, -0.05) is 12.1 Å². The minimum absolute atomic E-state index is 0.425. The Morgan fingerprint density at radius 1 is 1.20 bits per heavy atom. The van der Waals surface area contributed by atoms with E-state index >= 15 is 0 Å². The van der Waals surface area contributed by atoms with E-state index in [2.05, 4.69) is 37.1 Å². The topological polar surface area (TPSA) is 85.8 Å². The molecular weight excluding hydrogens is 384 g/mol. The van der Waals surface area contributed by atoms with Crippen LogP contribution >= 0.6 is 0 Å². The standard InChI is InChI=1S/C22H28N4O4/c1-28-22(27)8-5-19-15-25-21(16-24-19)23-9-2-12-30-20-6-3-18(4-7-20)17-26-10-13-29-14-11-26/h3-8,15-16H,2,9-14,17H2,1H3,(H,23,25)/b8-5+. The number of anilines is 1. The number of aromatic nitrogens is 2. The second-order valence-electron chi connectivity index (χ2n) is 6.84. The van der Waals surface area contributed by atoms with E-state index < -0.39 is 5.97 Å². The van der Waals surface area contributed by atoms with Crippen LogP contribution in [-0.4, -0.2) is 67.4 Å². The molecule has 1 aromatic carbocycles. The van der Waals surface area contributed by atoms with Gasteiger partial charge >= 0.3 is 5.97 Å². The summed E-state index contributed by atoms with van der Waals surface area (Å²) in [6.45, 7) is 5.90. The monoisotopic (exact) mass is 412 g/mol.